The third kappa shape index (κ3) is 4.93. The van der Waals surface area contributed by atoms with E-state index in [0.717, 1.165) is 25.7 Å². The summed E-state index contributed by atoms with van der Waals surface area (Å²) in [6.45, 7) is 4.22. The zero-order chi connectivity index (χ0) is 27.1. The van der Waals surface area contributed by atoms with Crippen molar-refractivity contribution in [3.63, 3.8) is 0 Å². The van der Waals surface area contributed by atoms with Crippen molar-refractivity contribution < 1.29 is 36.2 Å². The first-order valence-corrected chi connectivity index (χ1v) is 12.3. The van der Waals surface area contributed by atoms with Crippen LogP contribution >= 0.6 is 15.9 Å². The molecule has 0 bridgehead atoms. The Morgan fingerprint density at radius 1 is 1.11 bits per heavy atom. The molecule has 1 aromatic heterocycles. The van der Waals surface area contributed by atoms with Crippen LogP contribution in [0.25, 0.3) is 0 Å². The molecule has 0 saturated carbocycles. The quantitative estimate of drug-likeness (QED) is 0.276. The number of alkyl halides is 3. The molecule has 4 atom stereocenters. The molecule has 0 aliphatic carbocycles. The number of aryl methyl sites for hydroxylation is 1. The summed E-state index contributed by atoms with van der Waals surface area (Å²) in [5, 5.41) is 0. The van der Waals surface area contributed by atoms with Crippen LogP contribution < -0.4 is 9.47 Å². The van der Waals surface area contributed by atoms with Crippen LogP contribution in [0.5, 0.6) is 11.5 Å². The maximum atomic E-state index is 14.7. The Morgan fingerprint density at radius 2 is 1.78 bits per heavy atom. The molecule has 0 amide bonds. The third-order valence-corrected chi connectivity index (χ3v) is 7.69. The fraction of sp³-hybridized carbons (Fsp3) is 0.370. The minimum atomic E-state index is -4.76. The van der Waals surface area contributed by atoms with Gasteiger partial charge in [0.1, 0.15) is 18.5 Å². The van der Waals surface area contributed by atoms with E-state index in [2.05, 4.69) is 20.9 Å². The number of halogens is 6. The molecule has 4 rings (SSSR count). The summed E-state index contributed by atoms with van der Waals surface area (Å²) in [5.74, 6) is -4.85. The highest BCUT2D eigenvalue weighted by Crippen LogP contribution is 2.60. The molecule has 1 fully saturated rings. The van der Waals surface area contributed by atoms with Gasteiger partial charge >= 0.3 is 6.18 Å². The molecule has 1 aliphatic heterocycles. The van der Waals surface area contributed by atoms with E-state index in [1.54, 1.807) is 13.0 Å². The van der Waals surface area contributed by atoms with Gasteiger partial charge in [0.25, 0.3) is 0 Å². The summed E-state index contributed by atoms with van der Waals surface area (Å²) in [4.78, 5) is 4.50. The monoisotopic (exact) mass is 585 g/mol. The average Bonchev–Trinajstić information content (AvgIpc) is 3.13. The maximum Gasteiger partial charge on any atom is 0.417 e. The largest absolute Gasteiger partial charge is 0.493 e. The van der Waals surface area contributed by atoms with Crippen molar-refractivity contribution >= 4 is 15.9 Å². The van der Waals surface area contributed by atoms with Crippen LogP contribution in [0.1, 0.15) is 48.4 Å². The molecule has 2 aromatic carbocycles. The number of nitrogens with zero attached hydrogens (tertiary/aromatic N) is 1. The lowest BCUT2D eigenvalue weighted by Gasteiger charge is -2.32. The Hall–Kier alpha value is -2.72. The van der Waals surface area contributed by atoms with E-state index in [-0.39, 0.29) is 17.9 Å². The number of aromatic nitrogens is 1. The van der Waals surface area contributed by atoms with Crippen molar-refractivity contribution in [2.45, 2.75) is 51.2 Å². The Kier molecular flexibility index (Phi) is 7.54. The molecule has 0 unspecified atom stereocenters. The van der Waals surface area contributed by atoms with Gasteiger partial charge in [0, 0.05) is 29.2 Å². The number of methoxy groups -OCH3 is 1. The Morgan fingerprint density at radius 3 is 2.41 bits per heavy atom. The number of hydrogen-bond acceptors (Lipinski definition) is 4. The predicted octanol–water partition coefficient (Wildman–Crippen LogP) is 7.83. The van der Waals surface area contributed by atoms with Crippen LogP contribution in [0.4, 0.5) is 22.0 Å². The summed E-state index contributed by atoms with van der Waals surface area (Å²) in [6, 6.07) is 13.1. The highest BCUT2D eigenvalue weighted by molar-refractivity contribution is 9.10. The second-order valence-corrected chi connectivity index (χ2v) is 9.97. The number of benzene rings is 2. The van der Waals surface area contributed by atoms with E-state index in [4.69, 9.17) is 14.2 Å². The molecule has 1 saturated heterocycles. The normalized spacial score (nSPS) is 23.8. The zero-order valence-electron chi connectivity index (χ0n) is 20.5. The van der Waals surface area contributed by atoms with Crippen LogP contribution in [0, 0.1) is 24.5 Å². The van der Waals surface area contributed by atoms with Gasteiger partial charge in [-0.3, -0.25) is 4.98 Å². The minimum Gasteiger partial charge on any atom is -0.493 e. The van der Waals surface area contributed by atoms with Crippen LogP contribution in [-0.2, 0) is 11.3 Å². The van der Waals surface area contributed by atoms with Gasteiger partial charge in [-0.05, 0) is 41.4 Å². The summed E-state index contributed by atoms with van der Waals surface area (Å²) in [6.07, 6.45) is -6.04. The standard InChI is InChI=1S/C27H25BrF5NO3/c1-14-12-19(36-13-16-8-6-5-7-9-16)21(28)23(34-14)25-20(15(2)26(3,37-25)27(31,32)33)17-10-11-18(29)22(30)24(17)35-4/h5-12,15,20,25H,13H2,1-4H3/t15-,20-,25+,26+/m0/s1. The summed E-state index contributed by atoms with van der Waals surface area (Å²) >= 11 is 3.45. The number of rotatable bonds is 6. The van der Waals surface area contributed by atoms with Crippen molar-refractivity contribution in [1.82, 2.24) is 4.98 Å². The van der Waals surface area contributed by atoms with Gasteiger partial charge in [-0.15, -0.1) is 0 Å². The molecule has 0 spiro atoms. The molecular formula is C27H25BrF5NO3. The predicted molar refractivity (Wildman–Crippen MR) is 131 cm³/mol. The summed E-state index contributed by atoms with van der Waals surface area (Å²) < 4.78 is 88.8. The first-order valence-electron chi connectivity index (χ1n) is 11.5. The van der Waals surface area contributed by atoms with Crippen LogP contribution in [0.15, 0.2) is 53.0 Å². The molecule has 10 heteroatoms. The van der Waals surface area contributed by atoms with E-state index in [1.165, 1.54) is 13.0 Å². The Labute approximate surface area is 219 Å². The van der Waals surface area contributed by atoms with Gasteiger partial charge in [-0.2, -0.15) is 17.6 Å². The molecule has 4 nitrogen and oxygen atoms in total. The molecule has 2 heterocycles. The highest BCUT2D eigenvalue weighted by atomic mass is 79.9. The fourth-order valence-electron chi connectivity index (χ4n) is 4.73. The summed E-state index contributed by atoms with van der Waals surface area (Å²) in [7, 11) is 1.14. The van der Waals surface area contributed by atoms with Crippen molar-refractivity contribution in [1.29, 1.82) is 0 Å². The summed E-state index contributed by atoms with van der Waals surface area (Å²) in [5.41, 5.74) is -1.03. The van der Waals surface area contributed by atoms with Gasteiger partial charge in [-0.1, -0.05) is 43.3 Å². The fourth-order valence-corrected chi connectivity index (χ4v) is 5.27. The second-order valence-electron chi connectivity index (χ2n) is 9.18. The number of pyridine rings is 1. The highest BCUT2D eigenvalue weighted by Gasteiger charge is 2.65. The lowest BCUT2D eigenvalue weighted by molar-refractivity contribution is -0.275. The third-order valence-electron chi connectivity index (χ3n) is 6.90. The van der Waals surface area contributed by atoms with E-state index in [9.17, 15) is 22.0 Å². The van der Waals surface area contributed by atoms with Gasteiger partial charge in [-0.25, -0.2) is 4.39 Å². The molecule has 1 aliphatic rings. The molecule has 37 heavy (non-hydrogen) atoms. The lowest BCUT2D eigenvalue weighted by atomic mass is 9.76. The molecule has 3 aromatic rings. The second kappa shape index (κ2) is 10.2. The van der Waals surface area contributed by atoms with Gasteiger partial charge < -0.3 is 14.2 Å². The van der Waals surface area contributed by atoms with Crippen LogP contribution in [-0.4, -0.2) is 23.9 Å². The van der Waals surface area contributed by atoms with E-state index in [1.807, 2.05) is 30.3 Å². The van der Waals surface area contributed by atoms with E-state index >= 15 is 0 Å². The van der Waals surface area contributed by atoms with Crippen LogP contribution in [0.2, 0.25) is 0 Å². The number of ether oxygens (including phenoxy) is 3. The topological polar surface area (TPSA) is 40.6 Å². The minimum absolute atomic E-state index is 0.0498. The van der Waals surface area contributed by atoms with Crippen molar-refractivity contribution in [2.75, 3.05) is 7.11 Å². The van der Waals surface area contributed by atoms with E-state index in [0.29, 0.717) is 15.9 Å². The van der Waals surface area contributed by atoms with Crippen molar-refractivity contribution in [3.05, 3.63) is 87.2 Å². The number of hydrogen-bond donors (Lipinski definition) is 0. The first kappa shape index (κ1) is 27.3. The van der Waals surface area contributed by atoms with Crippen molar-refractivity contribution in [3.8, 4) is 11.5 Å². The smallest absolute Gasteiger partial charge is 0.417 e. The average molecular weight is 586 g/mol. The molecule has 0 N–H and O–H groups in total. The van der Waals surface area contributed by atoms with Gasteiger partial charge in [0.2, 0.25) is 5.82 Å². The molecule has 0 radical (unpaired) electrons. The van der Waals surface area contributed by atoms with Crippen LogP contribution in [0.3, 0.4) is 0 Å². The SMILES string of the molecule is COc1c([C@H]2[C@H](c3nc(C)cc(OCc4ccccc4)c3Br)O[C@@](C)(C(F)(F)F)[C@H]2C)ccc(F)c1F. The molecular weight excluding hydrogens is 561 g/mol. The molecule has 198 valence electrons. The lowest BCUT2D eigenvalue weighted by Crippen LogP contribution is -2.46. The van der Waals surface area contributed by atoms with Gasteiger partial charge in [0.05, 0.1) is 17.3 Å². The maximum absolute atomic E-state index is 14.7. The zero-order valence-corrected chi connectivity index (χ0v) is 22.1. The first-order chi connectivity index (χ1) is 17.4. The Bertz CT molecular complexity index is 1290. The van der Waals surface area contributed by atoms with Gasteiger partial charge in [0.15, 0.2) is 17.2 Å². The van der Waals surface area contributed by atoms with Crippen molar-refractivity contribution in [2.24, 2.45) is 5.92 Å². The van der Waals surface area contributed by atoms with E-state index < -0.39 is 47.1 Å². The Balaban J connectivity index is 1.84.